The summed E-state index contributed by atoms with van der Waals surface area (Å²) in [6.45, 7) is 7.92. The van der Waals surface area contributed by atoms with E-state index in [0.29, 0.717) is 10.5 Å². The van der Waals surface area contributed by atoms with Crippen LogP contribution in [0.2, 0.25) is 0 Å². The molecule has 0 amide bonds. The zero-order chi connectivity index (χ0) is 20.3. The van der Waals surface area contributed by atoms with Gasteiger partial charge in [0.25, 0.3) is 10.0 Å². The Morgan fingerprint density at radius 1 is 1.07 bits per heavy atom. The Labute approximate surface area is 170 Å². The van der Waals surface area contributed by atoms with Crippen LogP contribution in [0.1, 0.15) is 19.4 Å². The van der Waals surface area contributed by atoms with Gasteiger partial charge < -0.3 is 9.80 Å². The second kappa shape index (κ2) is 8.53. The second-order valence-corrected chi connectivity index (χ2v) is 8.89. The smallest absolute Gasteiger partial charge is 0.282 e. The van der Waals surface area contributed by atoms with Crippen molar-refractivity contribution in [1.29, 1.82) is 0 Å². The molecule has 150 valence electrons. The maximum atomic E-state index is 13.9. The summed E-state index contributed by atoms with van der Waals surface area (Å²) in [6.07, 6.45) is 3.06. The molecule has 2 aromatic carbocycles. The van der Waals surface area contributed by atoms with E-state index in [1.807, 2.05) is 18.2 Å². The number of thioether (sulfide) groups is 1. The molecule has 0 spiro atoms. The van der Waals surface area contributed by atoms with E-state index in [9.17, 15) is 12.8 Å². The van der Waals surface area contributed by atoms with Crippen molar-refractivity contribution in [3.8, 4) is 0 Å². The number of likely N-dealkylation sites (N-methyl/N-ethyl adjacent to an activating group) is 2. The Morgan fingerprint density at radius 3 is 2.36 bits per heavy atom. The molecule has 2 aromatic rings. The third kappa shape index (κ3) is 4.17. The summed E-state index contributed by atoms with van der Waals surface area (Å²) >= 11 is 1.23. The van der Waals surface area contributed by atoms with Crippen molar-refractivity contribution in [2.45, 2.75) is 23.6 Å². The summed E-state index contributed by atoms with van der Waals surface area (Å²) in [4.78, 5) is 4.82. The Hall–Kier alpha value is -2.06. The number of sulfonamides is 1. The van der Waals surface area contributed by atoms with E-state index in [-0.39, 0.29) is 4.90 Å². The molecule has 28 heavy (non-hydrogen) atoms. The van der Waals surface area contributed by atoms with Crippen LogP contribution >= 0.6 is 11.8 Å². The summed E-state index contributed by atoms with van der Waals surface area (Å²) in [5.41, 5.74) is 2.91. The first kappa shape index (κ1) is 20.7. The van der Waals surface area contributed by atoms with Crippen LogP contribution < -0.4 is 9.80 Å². The van der Waals surface area contributed by atoms with Gasteiger partial charge in [-0.2, -0.15) is 12.8 Å². The molecule has 0 saturated heterocycles. The lowest BCUT2D eigenvalue weighted by atomic mass is 10.1. The number of nitrogens with zero attached hydrogens (tertiary/aromatic N) is 3. The van der Waals surface area contributed by atoms with Crippen molar-refractivity contribution in [3.63, 3.8) is 0 Å². The van der Waals surface area contributed by atoms with Crippen LogP contribution in [-0.4, -0.2) is 47.1 Å². The third-order valence-corrected chi connectivity index (χ3v) is 6.85. The van der Waals surface area contributed by atoms with Gasteiger partial charge in [0.05, 0.1) is 16.3 Å². The molecule has 0 unspecified atom stereocenters. The number of halogens is 1. The van der Waals surface area contributed by atoms with Gasteiger partial charge in [-0.1, -0.05) is 6.07 Å². The van der Waals surface area contributed by atoms with Gasteiger partial charge in [-0.25, -0.2) is 4.39 Å². The molecule has 0 radical (unpaired) electrons. The zero-order valence-corrected chi connectivity index (χ0v) is 17.9. The molecule has 0 bridgehead atoms. The molecule has 0 aromatic heterocycles. The maximum Gasteiger partial charge on any atom is 0.282 e. The van der Waals surface area contributed by atoms with Gasteiger partial charge in [-0.3, -0.25) is 0 Å². The Morgan fingerprint density at radius 2 is 1.75 bits per heavy atom. The third-order valence-electron chi connectivity index (χ3n) is 4.85. The van der Waals surface area contributed by atoms with Crippen LogP contribution in [0.3, 0.4) is 0 Å². The lowest BCUT2D eigenvalue weighted by molar-refractivity contribution is 0.584. The molecule has 0 N–H and O–H groups in total. The Kier molecular flexibility index (Phi) is 6.30. The van der Waals surface area contributed by atoms with Crippen LogP contribution in [0.25, 0.3) is 0 Å². The van der Waals surface area contributed by atoms with Crippen molar-refractivity contribution < 1.29 is 12.8 Å². The fraction of sp³-hybridized carbons (Fsp3) is 0.350. The maximum absolute atomic E-state index is 13.9. The standard InChI is InChI=1S/C20H24FN3O2S2/c1-4-23-10-11-24(5-2)19-12-15(6-8-18(19)23)14-22-28(25,26)16-7-9-20(27-3)17(21)13-16/h6-9,12-14H,4-5,10-11H2,1-3H3. The minimum absolute atomic E-state index is 0.149. The summed E-state index contributed by atoms with van der Waals surface area (Å²) < 4.78 is 42.7. The van der Waals surface area contributed by atoms with Gasteiger partial charge in [0.15, 0.2) is 0 Å². The Balaban J connectivity index is 1.91. The first-order chi connectivity index (χ1) is 13.4. The average Bonchev–Trinajstić information content (AvgIpc) is 2.71. The molecule has 0 fully saturated rings. The van der Waals surface area contributed by atoms with E-state index >= 15 is 0 Å². The molecule has 8 heteroatoms. The quantitative estimate of drug-likeness (QED) is 0.521. The van der Waals surface area contributed by atoms with Crippen LogP contribution in [0.15, 0.2) is 50.6 Å². The molecule has 0 saturated carbocycles. The molecular formula is C20H24FN3O2S2. The minimum atomic E-state index is -3.97. The van der Waals surface area contributed by atoms with E-state index < -0.39 is 15.8 Å². The highest BCUT2D eigenvalue weighted by Crippen LogP contribution is 2.33. The van der Waals surface area contributed by atoms with Gasteiger partial charge in [0, 0.05) is 37.3 Å². The highest BCUT2D eigenvalue weighted by Gasteiger charge is 2.21. The van der Waals surface area contributed by atoms with E-state index in [4.69, 9.17) is 0 Å². The number of hydrogen-bond donors (Lipinski definition) is 0. The summed E-state index contributed by atoms with van der Waals surface area (Å²) in [5, 5.41) is 0. The van der Waals surface area contributed by atoms with Crippen molar-refractivity contribution in [2.24, 2.45) is 4.40 Å². The van der Waals surface area contributed by atoms with Crippen LogP contribution in [0.5, 0.6) is 0 Å². The lowest BCUT2D eigenvalue weighted by Gasteiger charge is -2.38. The van der Waals surface area contributed by atoms with Gasteiger partial charge >= 0.3 is 0 Å². The highest BCUT2D eigenvalue weighted by molar-refractivity contribution is 7.98. The highest BCUT2D eigenvalue weighted by atomic mass is 32.2. The molecular weight excluding hydrogens is 397 g/mol. The van der Waals surface area contributed by atoms with Crippen LogP contribution in [0.4, 0.5) is 15.8 Å². The van der Waals surface area contributed by atoms with Crippen molar-refractivity contribution >= 4 is 39.4 Å². The molecule has 0 atom stereocenters. The normalized spacial score (nSPS) is 14.6. The number of rotatable bonds is 6. The molecule has 1 aliphatic heterocycles. The minimum Gasteiger partial charge on any atom is -0.368 e. The average molecular weight is 422 g/mol. The number of hydrogen-bond acceptors (Lipinski definition) is 5. The zero-order valence-electron chi connectivity index (χ0n) is 16.2. The molecule has 0 aliphatic carbocycles. The molecule has 1 aliphatic rings. The van der Waals surface area contributed by atoms with E-state index in [1.165, 1.54) is 30.1 Å². The van der Waals surface area contributed by atoms with Crippen molar-refractivity contribution in [3.05, 3.63) is 47.8 Å². The topological polar surface area (TPSA) is 53.0 Å². The SMILES string of the molecule is CCN1CCN(CC)c2cc(C=NS(=O)(=O)c3ccc(SC)c(F)c3)ccc21. The fourth-order valence-electron chi connectivity index (χ4n) is 3.28. The fourth-order valence-corrected chi connectivity index (χ4v) is 4.61. The van der Waals surface area contributed by atoms with Gasteiger partial charge in [0.2, 0.25) is 0 Å². The molecule has 1 heterocycles. The van der Waals surface area contributed by atoms with Crippen LogP contribution in [0, 0.1) is 5.82 Å². The van der Waals surface area contributed by atoms with Crippen molar-refractivity contribution in [1.82, 2.24) is 0 Å². The van der Waals surface area contributed by atoms with Crippen molar-refractivity contribution in [2.75, 3.05) is 42.2 Å². The Bertz CT molecular complexity index is 993. The summed E-state index contributed by atoms with van der Waals surface area (Å²) in [7, 11) is -3.97. The monoisotopic (exact) mass is 421 g/mol. The first-order valence-electron chi connectivity index (χ1n) is 9.17. The van der Waals surface area contributed by atoms with Crippen LogP contribution in [-0.2, 0) is 10.0 Å². The first-order valence-corrected chi connectivity index (χ1v) is 11.8. The predicted octanol–water partition coefficient (Wildman–Crippen LogP) is 4.02. The van der Waals surface area contributed by atoms with E-state index in [2.05, 4.69) is 28.0 Å². The molecule has 5 nitrogen and oxygen atoms in total. The van der Waals surface area contributed by atoms with Gasteiger partial charge in [0.1, 0.15) is 5.82 Å². The van der Waals surface area contributed by atoms with E-state index in [0.717, 1.165) is 43.6 Å². The number of anilines is 2. The summed E-state index contributed by atoms with van der Waals surface area (Å²) in [6, 6.07) is 9.67. The lowest BCUT2D eigenvalue weighted by Crippen LogP contribution is -2.40. The largest absolute Gasteiger partial charge is 0.368 e. The van der Waals surface area contributed by atoms with E-state index in [1.54, 1.807) is 6.26 Å². The van der Waals surface area contributed by atoms with Gasteiger partial charge in [-0.05, 0) is 56.0 Å². The predicted molar refractivity (Wildman–Crippen MR) is 115 cm³/mol. The number of benzene rings is 2. The second-order valence-electron chi connectivity index (χ2n) is 6.41. The molecule has 3 rings (SSSR count). The summed E-state index contributed by atoms with van der Waals surface area (Å²) in [5.74, 6) is -0.559. The van der Waals surface area contributed by atoms with Gasteiger partial charge in [-0.15, -0.1) is 11.8 Å². The number of fused-ring (bicyclic) bond motifs is 1.